The molecule has 0 amide bonds. The smallest absolute Gasteiger partial charge is 0.151 e. The first-order chi connectivity index (χ1) is 7.44. The van der Waals surface area contributed by atoms with Crippen LogP contribution in [-0.2, 0) is 9.84 Å². The molecule has 0 aliphatic heterocycles. The fourth-order valence-electron chi connectivity index (χ4n) is 1.12. The molecule has 0 saturated carbocycles. The Balaban J connectivity index is 2.59. The third-order valence-corrected chi connectivity index (χ3v) is 3.80. The fourth-order valence-corrected chi connectivity index (χ4v) is 1.82. The highest BCUT2D eigenvalue weighted by Crippen LogP contribution is 2.14. The minimum absolute atomic E-state index is 0.0219. The molecule has 16 heavy (non-hydrogen) atoms. The van der Waals surface area contributed by atoms with Crippen LogP contribution in [-0.4, -0.2) is 26.5 Å². The summed E-state index contributed by atoms with van der Waals surface area (Å²) in [7, 11) is -3.09. The van der Waals surface area contributed by atoms with Crippen LogP contribution >= 0.6 is 0 Å². The van der Waals surface area contributed by atoms with E-state index in [9.17, 15) is 17.2 Å². The Labute approximate surface area is 93.4 Å². The second kappa shape index (κ2) is 5.25. The van der Waals surface area contributed by atoms with Crippen LogP contribution in [0.3, 0.4) is 0 Å². The Bertz CT molecular complexity index is 460. The van der Waals surface area contributed by atoms with Crippen molar-refractivity contribution in [2.24, 2.45) is 0 Å². The summed E-state index contributed by atoms with van der Waals surface area (Å²) in [5.74, 6) is -1.22. The van der Waals surface area contributed by atoms with Gasteiger partial charge in [-0.05, 0) is 18.2 Å². The van der Waals surface area contributed by atoms with Gasteiger partial charge in [0.15, 0.2) is 9.84 Å². The van der Waals surface area contributed by atoms with Crippen LogP contribution < -0.4 is 5.32 Å². The number of anilines is 1. The maximum atomic E-state index is 13.1. The van der Waals surface area contributed by atoms with E-state index >= 15 is 0 Å². The van der Waals surface area contributed by atoms with Crippen molar-refractivity contribution in [1.82, 2.24) is 0 Å². The van der Waals surface area contributed by atoms with E-state index in [2.05, 4.69) is 5.32 Å². The topological polar surface area (TPSA) is 46.2 Å². The van der Waals surface area contributed by atoms with Crippen molar-refractivity contribution in [3.63, 3.8) is 0 Å². The van der Waals surface area contributed by atoms with Gasteiger partial charge in [-0.25, -0.2) is 17.2 Å². The third kappa shape index (κ3) is 3.77. The van der Waals surface area contributed by atoms with Crippen LogP contribution in [0.1, 0.15) is 6.92 Å². The second-order valence-electron chi connectivity index (χ2n) is 3.29. The van der Waals surface area contributed by atoms with E-state index in [1.807, 2.05) is 0 Å². The summed E-state index contributed by atoms with van der Waals surface area (Å²) in [6, 6.07) is 2.99. The second-order valence-corrected chi connectivity index (χ2v) is 5.76. The maximum absolute atomic E-state index is 13.1. The zero-order valence-corrected chi connectivity index (χ0v) is 9.65. The lowest BCUT2D eigenvalue weighted by atomic mass is 10.3. The number of rotatable bonds is 5. The molecule has 1 aromatic rings. The van der Waals surface area contributed by atoms with E-state index in [-0.39, 0.29) is 23.7 Å². The van der Waals surface area contributed by atoms with Crippen molar-refractivity contribution in [3.05, 3.63) is 29.8 Å². The van der Waals surface area contributed by atoms with E-state index in [0.29, 0.717) is 0 Å². The van der Waals surface area contributed by atoms with E-state index < -0.39 is 21.5 Å². The molecular formula is C10H13F2NO2S. The van der Waals surface area contributed by atoms with Gasteiger partial charge in [-0.2, -0.15) is 0 Å². The van der Waals surface area contributed by atoms with Gasteiger partial charge in [0.25, 0.3) is 0 Å². The van der Waals surface area contributed by atoms with E-state index in [1.54, 1.807) is 0 Å². The van der Waals surface area contributed by atoms with Crippen LogP contribution in [0.5, 0.6) is 0 Å². The monoisotopic (exact) mass is 249 g/mol. The zero-order chi connectivity index (χ0) is 12.2. The highest BCUT2D eigenvalue weighted by atomic mass is 32.2. The summed E-state index contributed by atoms with van der Waals surface area (Å²) in [6.45, 7) is 1.61. The first-order valence-electron chi connectivity index (χ1n) is 4.84. The molecule has 0 fully saturated rings. The van der Waals surface area contributed by atoms with E-state index in [4.69, 9.17) is 0 Å². The maximum Gasteiger partial charge on any atom is 0.151 e. The SMILES string of the molecule is CCS(=O)(=O)CCNc1cc(F)ccc1F. The summed E-state index contributed by atoms with van der Waals surface area (Å²) in [4.78, 5) is 0. The van der Waals surface area contributed by atoms with Crippen molar-refractivity contribution in [2.75, 3.05) is 23.4 Å². The van der Waals surface area contributed by atoms with Gasteiger partial charge in [0.1, 0.15) is 11.6 Å². The summed E-state index contributed by atoms with van der Waals surface area (Å²) in [5.41, 5.74) is -0.0219. The van der Waals surface area contributed by atoms with Gasteiger partial charge in [0.2, 0.25) is 0 Å². The Morgan fingerprint density at radius 1 is 1.31 bits per heavy atom. The molecule has 1 rings (SSSR count). The van der Waals surface area contributed by atoms with Gasteiger partial charge in [-0.15, -0.1) is 0 Å². The molecule has 0 aliphatic carbocycles. The van der Waals surface area contributed by atoms with Crippen LogP contribution in [0.2, 0.25) is 0 Å². The number of benzene rings is 1. The number of hydrogen-bond acceptors (Lipinski definition) is 3. The van der Waals surface area contributed by atoms with Gasteiger partial charge in [0, 0.05) is 12.3 Å². The van der Waals surface area contributed by atoms with Gasteiger partial charge < -0.3 is 5.32 Å². The third-order valence-electron chi connectivity index (χ3n) is 2.10. The first-order valence-corrected chi connectivity index (χ1v) is 6.66. The van der Waals surface area contributed by atoms with Gasteiger partial charge >= 0.3 is 0 Å². The molecule has 6 heteroatoms. The molecule has 1 aromatic carbocycles. The number of nitrogens with one attached hydrogen (secondary N) is 1. The molecule has 0 aliphatic rings. The Kier molecular flexibility index (Phi) is 4.23. The molecule has 0 aromatic heterocycles. The molecule has 0 radical (unpaired) electrons. The Hall–Kier alpha value is -1.17. The first kappa shape index (κ1) is 12.9. The molecule has 3 nitrogen and oxygen atoms in total. The number of hydrogen-bond donors (Lipinski definition) is 1. The normalized spacial score (nSPS) is 11.4. The highest BCUT2D eigenvalue weighted by Gasteiger charge is 2.08. The predicted molar refractivity (Wildman–Crippen MR) is 59.2 cm³/mol. The molecule has 0 atom stereocenters. The minimum Gasteiger partial charge on any atom is -0.382 e. The lowest BCUT2D eigenvalue weighted by Crippen LogP contribution is -2.17. The average Bonchev–Trinajstić information content (AvgIpc) is 2.23. The van der Waals surface area contributed by atoms with Gasteiger partial charge in [-0.3, -0.25) is 0 Å². The molecule has 0 unspecified atom stereocenters. The standard InChI is InChI=1S/C10H13F2NO2S/c1-2-16(14,15)6-5-13-10-7-8(11)3-4-9(10)12/h3-4,7,13H,2,5-6H2,1H3. The summed E-state index contributed by atoms with van der Waals surface area (Å²) in [5, 5.41) is 2.55. The van der Waals surface area contributed by atoms with Crippen LogP contribution in [0.25, 0.3) is 0 Å². The summed E-state index contributed by atoms with van der Waals surface area (Å²) in [6.07, 6.45) is 0. The van der Waals surface area contributed by atoms with Crippen molar-refractivity contribution < 1.29 is 17.2 Å². The predicted octanol–water partition coefficient (Wildman–Crippen LogP) is 1.81. The lowest BCUT2D eigenvalue weighted by molar-refractivity contribution is 0.596. The Morgan fingerprint density at radius 2 is 2.00 bits per heavy atom. The molecule has 0 heterocycles. The fraction of sp³-hybridized carbons (Fsp3) is 0.400. The number of sulfone groups is 1. The summed E-state index contributed by atoms with van der Waals surface area (Å²) >= 11 is 0. The largest absolute Gasteiger partial charge is 0.382 e. The minimum atomic E-state index is -3.09. The van der Waals surface area contributed by atoms with E-state index in [1.165, 1.54) is 6.92 Å². The average molecular weight is 249 g/mol. The van der Waals surface area contributed by atoms with E-state index in [0.717, 1.165) is 18.2 Å². The molecule has 1 N–H and O–H groups in total. The van der Waals surface area contributed by atoms with Crippen molar-refractivity contribution in [2.45, 2.75) is 6.92 Å². The zero-order valence-electron chi connectivity index (χ0n) is 8.83. The molecule has 90 valence electrons. The van der Waals surface area contributed by atoms with Crippen molar-refractivity contribution in [3.8, 4) is 0 Å². The molecule has 0 saturated heterocycles. The van der Waals surface area contributed by atoms with Crippen molar-refractivity contribution in [1.29, 1.82) is 0 Å². The molecule has 0 spiro atoms. The lowest BCUT2D eigenvalue weighted by Gasteiger charge is -2.07. The number of halogens is 2. The van der Waals surface area contributed by atoms with Crippen LogP contribution in [0.4, 0.5) is 14.5 Å². The van der Waals surface area contributed by atoms with Crippen molar-refractivity contribution >= 4 is 15.5 Å². The highest BCUT2D eigenvalue weighted by molar-refractivity contribution is 7.91. The van der Waals surface area contributed by atoms with Crippen LogP contribution in [0, 0.1) is 11.6 Å². The van der Waals surface area contributed by atoms with Gasteiger partial charge in [0.05, 0.1) is 11.4 Å². The Morgan fingerprint density at radius 3 is 2.62 bits per heavy atom. The molecular weight excluding hydrogens is 236 g/mol. The van der Waals surface area contributed by atoms with Crippen LogP contribution in [0.15, 0.2) is 18.2 Å². The quantitative estimate of drug-likeness (QED) is 0.865. The molecule has 0 bridgehead atoms. The summed E-state index contributed by atoms with van der Waals surface area (Å²) < 4.78 is 48.1. The van der Waals surface area contributed by atoms with Gasteiger partial charge in [-0.1, -0.05) is 6.92 Å².